The van der Waals surface area contributed by atoms with E-state index in [1.165, 1.54) is 49.4 Å². The molecule has 0 aromatic heterocycles. The highest BCUT2D eigenvalue weighted by atomic mass is 32.2. The smallest absolute Gasteiger partial charge is 0.296 e. The summed E-state index contributed by atoms with van der Waals surface area (Å²) in [5.74, 6) is -1.23. The van der Waals surface area contributed by atoms with Crippen LogP contribution in [0.3, 0.4) is 0 Å². The molecular formula is C16H17N5O6S. The summed E-state index contributed by atoms with van der Waals surface area (Å²) in [6.07, 6.45) is 0. The van der Waals surface area contributed by atoms with E-state index in [-0.39, 0.29) is 22.6 Å². The predicted molar refractivity (Wildman–Crippen MR) is 102 cm³/mol. The second-order valence-corrected chi connectivity index (χ2v) is 7.01. The number of nitro benzene ring substituents is 1. The van der Waals surface area contributed by atoms with Gasteiger partial charge in [-0.1, -0.05) is 12.1 Å². The molecule has 2 rings (SSSR count). The summed E-state index contributed by atoms with van der Waals surface area (Å²) in [5, 5.41) is 20.6. The van der Waals surface area contributed by atoms with Crippen molar-refractivity contribution in [2.45, 2.75) is 13.0 Å². The summed E-state index contributed by atoms with van der Waals surface area (Å²) in [6, 6.07) is 9.91. The lowest BCUT2D eigenvalue weighted by atomic mass is 10.1. The second kappa shape index (κ2) is 8.45. The van der Waals surface area contributed by atoms with Crippen LogP contribution in [-0.4, -0.2) is 31.2 Å². The number of carbonyl (C=O) groups is 2. The number of rotatable bonds is 7. The zero-order chi connectivity index (χ0) is 20.9. The number of benzene rings is 2. The first-order valence-electron chi connectivity index (χ1n) is 7.82. The normalized spacial score (nSPS) is 11.9. The summed E-state index contributed by atoms with van der Waals surface area (Å²) in [5.41, 5.74) is 0.209. The summed E-state index contributed by atoms with van der Waals surface area (Å²) >= 11 is 0. The van der Waals surface area contributed by atoms with Gasteiger partial charge in [-0.2, -0.15) is 8.42 Å². The van der Waals surface area contributed by atoms with Gasteiger partial charge in [0.2, 0.25) is 5.91 Å². The Balaban J connectivity index is 2.03. The van der Waals surface area contributed by atoms with Gasteiger partial charge in [0.1, 0.15) is 6.04 Å². The van der Waals surface area contributed by atoms with Crippen LogP contribution in [0.15, 0.2) is 48.5 Å². The summed E-state index contributed by atoms with van der Waals surface area (Å²) in [4.78, 5) is 34.6. The van der Waals surface area contributed by atoms with Crippen molar-refractivity contribution in [2.75, 3.05) is 10.0 Å². The van der Waals surface area contributed by atoms with Crippen LogP contribution in [0.1, 0.15) is 17.3 Å². The summed E-state index contributed by atoms with van der Waals surface area (Å²) in [6.45, 7) is 1.43. The number of hydrogen-bond donors (Lipinski definition) is 4. The number of amides is 2. The highest BCUT2D eigenvalue weighted by Gasteiger charge is 2.18. The van der Waals surface area contributed by atoms with Crippen molar-refractivity contribution >= 4 is 39.1 Å². The molecule has 12 heteroatoms. The number of nitrogens with zero attached hydrogens (tertiary/aromatic N) is 1. The highest BCUT2D eigenvalue weighted by molar-refractivity contribution is 7.90. The molecule has 0 bridgehead atoms. The van der Waals surface area contributed by atoms with Gasteiger partial charge in [0.25, 0.3) is 21.8 Å². The van der Waals surface area contributed by atoms with Crippen LogP contribution in [0, 0.1) is 10.1 Å². The molecule has 1 unspecified atom stereocenters. The van der Waals surface area contributed by atoms with Gasteiger partial charge in [-0.3, -0.25) is 24.4 Å². The van der Waals surface area contributed by atoms with Crippen LogP contribution in [-0.2, 0) is 15.0 Å². The van der Waals surface area contributed by atoms with E-state index < -0.39 is 33.0 Å². The first kappa shape index (κ1) is 20.8. The van der Waals surface area contributed by atoms with E-state index in [1.54, 1.807) is 0 Å². The Morgan fingerprint density at radius 1 is 1.11 bits per heavy atom. The molecule has 2 amide bonds. The minimum Gasteiger partial charge on any atom is -0.341 e. The van der Waals surface area contributed by atoms with E-state index in [9.17, 15) is 28.1 Å². The van der Waals surface area contributed by atoms with Gasteiger partial charge in [0.05, 0.1) is 10.6 Å². The van der Waals surface area contributed by atoms with E-state index in [0.29, 0.717) is 0 Å². The Morgan fingerprint density at radius 2 is 1.75 bits per heavy atom. The van der Waals surface area contributed by atoms with E-state index in [0.717, 1.165) is 6.07 Å². The van der Waals surface area contributed by atoms with E-state index in [4.69, 9.17) is 5.14 Å². The largest absolute Gasteiger partial charge is 0.341 e. The lowest BCUT2D eigenvalue weighted by Gasteiger charge is -2.15. The third-order valence-corrected chi connectivity index (χ3v) is 3.97. The molecule has 0 aliphatic rings. The van der Waals surface area contributed by atoms with E-state index >= 15 is 0 Å². The van der Waals surface area contributed by atoms with Gasteiger partial charge >= 0.3 is 0 Å². The maximum atomic E-state index is 12.3. The molecule has 0 fully saturated rings. The van der Waals surface area contributed by atoms with Crippen LogP contribution in [0.25, 0.3) is 0 Å². The number of nitrogens with two attached hydrogens (primary N) is 1. The number of carbonyl (C=O) groups excluding carboxylic acids is 2. The first-order valence-corrected chi connectivity index (χ1v) is 9.36. The summed E-state index contributed by atoms with van der Waals surface area (Å²) < 4.78 is 24.2. The number of anilines is 2. The number of hydrogen-bond acceptors (Lipinski definition) is 6. The number of nitrogens with one attached hydrogen (secondary N) is 3. The lowest BCUT2D eigenvalue weighted by Crippen LogP contribution is -2.41. The van der Waals surface area contributed by atoms with Crippen molar-refractivity contribution in [1.29, 1.82) is 0 Å². The van der Waals surface area contributed by atoms with Gasteiger partial charge in [-0.15, -0.1) is 0 Å². The monoisotopic (exact) mass is 407 g/mol. The molecule has 148 valence electrons. The zero-order valence-corrected chi connectivity index (χ0v) is 15.4. The highest BCUT2D eigenvalue weighted by Crippen LogP contribution is 2.16. The van der Waals surface area contributed by atoms with Crippen LogP contribution in [0.5, 0.6) is 0 Å². The van der Waals surface area contributed by atoms with Gasteiger partial charge < -0.3 is 10.6 Å². The van der Waals surface area contributed by atoms with E-state index in [1.807, 2.05) is 0 Å². The topological polar surface area (TPSA) is 174 Å². The van der Waals surface area contributed by atoms with Crippen LogP contribution >= 0.6 is 0 Å². The van der Waals surface area contributed by atoms with Gasteiger partial charge in [0, 0.05) is 23.4 Å². The van der Waals surface area contributed by atoms with Crippen molar-refractivity contribution < 1.29 is 22.9 Å². The molecule has 0 heterocycles. The Bertz CT molecular complexity index is 1020. The third-order valence-electron chi connectivity index (χ3n) is 3.45. The standard InChI is InChI=1S/C16H17N5O6S/c1-10(18-16(23)11-4-2-7-14(8-11)21(24)25)15(22)19-12-5-3-6-13(9-12)20-28(17,26)27/h2-10,20H,1H3,(H,18,23)(H,19,22)(H2,17,26,27). The number of nitro groups is 1. The average molecular weight is 407 g/mol. The molecule has 2 aromatic carbocycles. The van der Waals surface area contributed by atoms with Crippen molar-refractivity contribution in [3.63, 3.8) is 0 Å². The fourth-order valence-electron chi connectivity index (χ4n) is 2.18. The molecule has 0 aliphatic carbocycles. The number of non-ortho nitro benzene ring substituents is 1. The fraction of sp³-hybridized carbons (Fsp3) is 0.125. The molecule has 0 spiro atoms. The van der Waals surface area contributed by atoms with E-state index in [2.05, 4.69) is 15.4 Å². The fourth-order valence-corrected chi connectivity index (χ4v) is 2.64. The SMILES string of the molecule is CC(NC(=O)c1cccc([N+](=O)[O-])c1)C(=O)Nc1cccc(NS(N)(=O)=O)c1. The molecule has 28 heavy (non-hydrogen) atoms. The van der Waals surface area contributed by atoms with Crippen molar-refractivity contribution in [3.05, 3.63) is 64.2 Å². The molecule has 2 aromatic rings. The summed E-state index contributed by atoms with van der Waals surface area (Å²) in [7, 11) is -3.96. The van der Waals surface area contributed by atoms with Gasteiger partial charge in [-0.25, -0.2) is 5.14 Å². The molecular weight excluding hydrogens is 390 g/mol. The Morgan fingerprint density at radius 3 is 2.39 bits per heavy atom. The molecule has 0 aliphatic heterocycles. The maximum Gasteiger partial charge on any atom is 0.296 e. The molecule has 0 saturated heterocycles. The maximum absolute atomic E-state index is 12.3. The molecule has 5 N–H and O–H groups in total. The van der Waals surface area contributed by atoms with Gasteiger partial charge in [-0.05, 0) is 31.2 Å². The second-order valence-electron chi connectivity index (χ2n) is 5.72. The minimum atomic E-state index is -3.96. The van der Waals surface area contributed by atoms with Gasteiger partial charge in [0.15, 0.2) is 0 Å². The van der Waals surface area contributed by atoms with Crippen molar-refractivity contribution in [2.24, 2.45) is 5.14 Å². The quantitative estimate of drug-likeness (QED) is 0.393. The van der Waals surface area contributed by atoms with Crippen molar-refractivity contribution in [1.82, 2.24) is 5.32 Å². The average Bonchev–Trinajstić information content (AvgIpc) is 2.60. The zero-order valence-electron chi connectivity index (χ0n) is 14.6. The first-order chi connectivity index (χ1) is 13.0. The third kappa shape index (κ3) is 6.03. The van der Waals surface area contributed by atoms with Crippen LogP contribution in [0.2, 0.25) is 0 Å². The minimum absolute atomic E-state index is 0.0354. The Labute approximate surface area is 160 Å². The predicted octanol–water partition coefficient (Wildman–Crippen LogP) is 0.967. The molecule has 11 nitrogen and oxygen atoms in total. The Hall–Kier alpha value is -3.51. The molecule has 0 saturated carbocycles. The molecule has 1 atom stereocenters. The Kier molecular flexibility index (Phi) is 6.28. The van der Waals surface area contributed by atoms with Crippen LogP contribution in [0.4, 0.5) is 17.1 Å². The van der Waals surface area contributed by atoms with Crippen LogP contribution < -0.4 is 20.5 Å². The molecule has 0 radical (unpaired) electrons. The van der Waals surface area contributed by atoms with Crippen molar-refractivity contribution in [3.8, 4) is 0 Å². The lowest BCUT2D eigenvalue weighted by molar-refractivity contribution is -0.384.